The summed E-state index contributed by atoms with van der Waals surface area (Å²) >= 11 is 0. The summed E-state index contributed by atoms with van der Waals surface area (Å²) in [4.78, 5) is 11.0. The van der Waals surface area contributed by atoms with E-state index in [0.717, 1.165) is 81.9 Å². The molecule has 0 spiro atoms. The van der Waals surface area contributed by atoms with Gasteiger partial charge in [-0.25, -0.2) is 4.39 Å². The standard InChI is InChI=1S/C27H35FN4O/c1-2-33-24-6-4-23(5-7-24)32-17-15-31(16-18-32)14-13-30-11-9-21(10-12-30)26-20-29-27-8-3-22(28)19-25(26)27/h3-8,19-21,29H,2,9-18H2,1H3. The first-order chi connectivity index (χ1) is 16.2. The molecule has 0 atom stereocenters. The SMILES string of the molecule is CCOc1ccc(N2CCN(CCN3CCC(c4c[nH]c5ccc(F)cc45)CC3)CC2)cc1. The maximum atomic E-state index is 13.7. The van der Waals surface area contributed by atoms with Crippen molar-refractivity contribution in [1.82, 2.24) is 14.8 Å². The number of fused-ring (bicyclic) bond motifs is 1. The summed E-state index contributed by atoms with van der Waals surface area (Å²) in [6, 6.07) is 13.5. The number of aromatic amines is 1. The Balaban J connectivity index is 1.06. The van der Waals surface area contributed by atoms with Crippen molar-refractivity contribution in [2.75, 3.05) is 63.9 Å². The van der Waals surface area contributed by atoms with E-state index in [4.69, 9.17) is 4.74 Å². The van der Waals surface area contributed by atoms with Gasteiger partial charge in [0.15, 0.2) is 0 Å². The Morgan fingerprint density at radius 2 is 1.61 bits per heavy atom. The molecule has 1 aromatic heterocycles. The largest absolute Gasteiger partial charge is 0.494 e. The third kappa shape index (κ3) is 5.17. The predicted octanol–water partition coefficient (Wildman–Crippen LogP) is 4.71. The monoisotopic (exact) mass is 450 g/mol. The first-order valence-corrected chi connectivity index (χ1v) is 12.4. The highest BCUT2D eigenvalue weighted by molar-refractivity contribution is 5.83. The molecule has 2 fully saturated rings. The number of nitrogens with one attached hydrogen (secondary N) is 1. The number of likely N-dealkylation sites (tertiary alicyclic amines) is 1. The highest BCUT2D eigenvalue weighted by Gasteiger charge is 2.24. The fraction of sp³-hybridized carbons (Fsp3) is 0.481. The molecule has 3 heterocycles. The number of piperazine rings is 1. The number of aromatic nitrogens is 1. The number of benzene rings is 2. The van der Waals surface area contributed by atoms with Gasteiger partial charge in [0.25, 0.3) is 0 Å². The van der Waals surface area contributed by atoms with Crippen molar-refractivity contribution < 1.29 is 9.13 Å². The van der Waals surface area contributed by atoms with Crippen LogP contribution < -0.4 is 9.64 Å². The minimum absolute atomic E-state index is 0.150. The molecule has 33 heavy (non-hydrogen) atoms. The molecule has 0 unspecified atom stereocenters. The number of hydrogen-bond donors (Lipinski definition) is 1. The minimum atomic E-state index is -0.150. The van der Waals surface area contributed by atoms with Crippen LogP contribution in [-0.4, -0.2) is 73.7 Å². The van der Waals surface area contributed by atoms with E-state index < -0.39 is 0 Å². The first kappa shape index (κ1) is 22.2. The van der Waals surface area contributed by atoms with E-state index in [1.54, 1.807) is 6.07 Å². The molecule has 5 nitrogen and oxygen atoms in total. The second-order valence-electron chi connectivity index (χ2n) is 9.31. The second-order valence-corrected chi connectivity index (χ2v) is 9.31. The summed E-state index contributed by atoms with van der Waals surface area (Å²) in [5, 5.41) is 1.05. The van der Waals surface area contributed by atoms with E-state index in [2.05, 4.69) is 50.1 Å². The summed E-state index contributed by atoms with van der Waals surface area (Å²) in [7, 11) is 0. The number of rotatable bonds is 7. The average Bonchev–Trinajstić information content (AvgIpc) is 3.27. The van der Waals surface area contributed by atoms with Crippen molar-refractivity contribution in [1.29, 1.82) is 0 Å². The van der Waals surface area contributed by atoms with Crippen LogP contribution in [0, 0.1) is 5.82 Å². The summed E-state index contributed by atoms with van der Waals surface area (Å²) in [6.07, 6.45) is 4.39. The van der Waals surface area contributed by atoms with E-state index >= 15 is 0 Å². The molecule has 0 amide bonds. The van der Waals surface area contributed by atoms with Crippen LogP contribution in [0.25, 0.3) is 10.9 Å². The molecule has 3 aromatic rings. The lowest BCUT2D eigenvalue weighted by molar-refractivity contribution is 0.169. The Hall–Kier alpha value is -2.57. The second kappa shape index (κ2) is 10.1. The zero-order chi connectivity index (χ0) is 22.6. The van der Waals surface area contributed by atoms with Gasteiger partial charge in [0.05, 0.1) is 6.61 Å². The number of H-pyrrole nitrogens is 1. The van der Waals surface area contributed by atoms with Crippen molar-refractivity contribution in [2.45, 2.75) is 25.7 Å². The number of halogens is 1. The summed E-state index contributed by atoms with van der Waals surface area (Å²) < 4.78 is 19.3. The van der Waals surface area contributed by atoms with Gasteiger partial charge in [-0.15, -0.1) is 0 Å². The molecule has 5 rings (SSSR count). The predicted molar refractivity (Wildman–Crippen MR) is 133 cm³/mol. The molecule has 2 saturated heterocycles. The van der Waals surface area contributed by atoms with Gasteiger partial charge in [0.2, 0.25) is 0 Å². The zero-order valence-electron chi connectivity index (χ0n) is 19.6. The van der Waals surface area contributed by atoms with Crippen LogP contribution >= 0.6 is 0 Å². The molecule has 1 N–H and O–H groups in total. The Morgan fingerprint density at radius 3 is 2.30 bits per heavy atom. The zero-order valence-corrected chi connectivity index (χ0v) is 19.6. The van der Waals surface area contributed by atoms with Crippen LogP contribution in [0.15, 0.2) is 48.7 Å². The number of piperidine rings is 1. The lowest BCUT2D eigenvalue weighted by Gasteiger charge is -2.38. The van der Waals surface area contributed by atoms with Crippen LogP contribution in [0.4, 0.5) is 10.1 Å². The summed E-state index contributed by atoms with van der Waals surface area (Å²) in [5.74, 6) is 1.32. The Kier molecular flexibility index (Phi) is 6.83. The summed E-state index contributed by atoms with van der Waals surface area (Å²) in [5.41, 5.74) is 3.62. The Morgan fingerprint density at radius 1 is 0.909 bits per heavy atom. The number of hydrogen-bond acceptors (Lipinski definition) is 4. The van der Waals surface area contributed by atoms with E-state index in [1.165, 1.54) is 17.3 Å². The van der Waals surface area contributed by atoms with Gasteiger partial charge in [-0.05, 0) is 86.8 Å². The van der Waals surface area contributed by atoms with Crippen molar-refractivity contribution in [3.8, 4) is 5.75 Å². The van der Waals surface area contributed by atoms with Crippen molar-refractivity contribution >= 4 is 16.6 Å². The fourth-order valence-electron chi connectivity index (χ4n) is 5.35. The maximum absolute atomic E-state index is 13.7. The molecular weight excluding hydrogens is 415 g/mol. The molecule has 0 saturated carbocycles. The quantitative estimate of drug-likeness (QED) is 0.566. The minimum Gasteiger partial charge on any atom is -0.494 e. The van der Waals surface area contributed by atoms with Gasteiger partial charge in [-0.3, -0.25) is 4.90 Å². The van der Waals surface area contributed by atoms with Crippen LogP contribution in [-0.2, 0) is 0 Å². The smallest absolute Gasteiger partial charge is 0.123 e. The van der Waals surface area contributed by atoms with Crippen LogP contribution in [0.1, 0.15) is 31.2 Å². The number of ether oxygens (including phenoxy) is 1. The van der Waals surface area contributed by atoms with Crippen LogP contribution in [0.5, 0.6) is 5.75 Å². The van der Waals surface area contributed by atoms with Crippen LogP contribution in [0.3, 0.4) is 0 Å². The molecule has 6 heteroatoms. The third-order valence-corrected chi connectivity index (χ3v) is 7.32. The van der Waals surface area contributed by atoms with Crippen molar-refractivity contribution in [3.63, 3.8) is 0 Å². The average molecular weight is 451 g/mol. The number of anilines is 1. The highest BCUT2D eigenvalue weighted by Crippen LogP contribution is 2.33. The molecule has 2 aromatic carbocycles. The third-order valence-electron chi connectivity index (χ3n) is 7.32. The molecular formula is C27H35FN4O. The van der Waals surface area contributed by atoms with Gasteiger partial charge in [0, 0.05) is 62.1 Å². The maximum Gasteiger partial charge on any atom is 0.123 e. The van der Waals surface area contributed by atoms with Gasteiger partial charge in [-0.1, -0.05) is 0 Å². The Bertz CT molecular complexity index is 1030. The lowest BCUT2D eigenvalue weighted by atomic mass is 9.89. The molecule has 0 radical (unpaired) electrons. The molecule has 2 aliphatic heterocycles. The van der Waals surface area contributed by atoms with Crippen molar-refractivity contribution in [2.24, 2.45) is 0 Å². The number of nitrogens with zero attached hydrogens (tertiary/aromatic N) is 3. The van der Waals surface area contributed by atoms with E-state index in [0.29, 0.717) is 12.5 Å². The van der Waals surface area contributed by atoms with E-state index in [1.807, 2.05) is 13.0 Å². The van der Waals surface area contributed by atoms with Gasteiger partial charge < -0.3 is 19.5 Å². The molecule has 2 aliphatic rings. The molecule has 0 bridgehead atoms. The van der Waals surface area contributed by atoms with E-state index in [9.17, 15) is 4.39 Å². The Labute approximate surface area is 196 Å². The normalized spacial score (nSPS) is 18.8. The van der Waals surface area contributed by atoms with Crippen LogP contribution in [0.2, 0.25) is 0 Å². The first-order valence-electron chi connectivity index (χ1n) is 12.4. The summed E-state index contributed by atoms with van der Waals surface area (Å²) in [6.45, 7) is 11.6. The fourth-order valence-corrected chi connectivity index (χ4v) is 5.35. The van der Waals surface area contributed by atoms with Gasteiger partial charge in [-0.2, -0.15) is 0 Å². The van der Waals surface area contributed by atoms with E-state index in [-0.39, 0.29) is 5.82 Å². The van der Waals surface area contributed by atoms with Gasteiger partial charge >= 0.3 is 0 Å². The topological polar surface area (TPSA) is 34.7 Å². The van der Waals surface area contributed by atoms with Gasteiger partial charge in [0.1, 0.15) is 11.6 Å². The van der Waals surface area contributed by atoms with Crippen molar-refractivity contribution in [3.05, 3.63) is 60.0 Å². The lowest BCUT2D eigenvalue weighted by Crippen LogP contribution is -2.49. The highest BCUT2D eigenvalue weighted by atomic mass is 19.1. The molecule has 0 aliphatic carbocycles. The molecule has 176 valence electrons.